The number of nitrogens with zero attached hydrogens (tertiary/aromatic N) is 3. The zero-order valence-corrected chi connectivity index (χ0v) is 13.0. The van der Waals surface area contributed by atoms with E-state index in [1.807, 2.05) is 0 Å². The molecule has 116 valence electrons. The highest BCUT2D eigenvalue weighted by molar-refractivity contribution is 5.47. The van der Waals surface area contributed by atoms with Crippen molar-refractivity contribution >= 4 is 5.69 Å². The van der Waals surface area contributed by atoms with Crippen LogP contribution in [0.4, 0.5) is 5.69 Å². The minimum absolute atomic E-state index is 0.194. The summed E-state index contributed by atoms with van der Waals surface area (Å²) in [5.74, 6) is 0.516. The van der Waals surface area contributed by atoms with Crippen LogP contribution in [-0.4, -0.2) is 33.9 Å². The van der Waals surface area contributed by atoms with E-state index in [0.717, 1.165) is 25.1 Å². The third kappa shape index (κ3) is 3.39. The number of nitrogens with two attached hydrogens (primary N) is 1. The largest absolute Gasteiger partial charge is 0.330 e. The van der Waals surface area contributed by atoms with Gasteiger partial charge in [-0.05, 0) is 46.1 Å². The fraction of sp³-hybridized carbons (Fsp3) is 0.667. The maximum Gasteiger partial charge on any atom is 0.278 e. The van der Waals surface area contributed by atoms with Gasteiger partial charge in [-0.3, -0.25) is 20.0 Å². The van der Waals surface area contributed by atoms with E-state index >= 15 is 0 Å². The summed E-state index contributed by atoms with van der Waals surface area (Å²) in [6, 6.07) is 0.467. The average molecular weight is 292 g/mol. The third-order valence-electron chi connectivity index (χ3n) is 4.55. The van der Waals surface area contributed by atoms with Crippen LogP contribution in [-0.2, 0) is 6.54 Å². The van der Waals surface area contributed by atoms with Crippen molar-refractivity contribution in [3.63, 3.8) is 0 Å². The lowest BCUT2D eigenvalue weighted by molar-refractivity contribution is -0.386. The van der Waals surface area contributed by atoms with Crippen LogP contribution in [0.3, 0.4) is 0 Å². The zero-order valence-electron chi connectivity index (χ0n) is 13.0. The number of piperidine rings is 1. The van der Waals surface area contributed by atoms with Crippen LogP contribution in [0, 0.1) is 29.9 Å². The summed E-state index contributed by atoms with van der Waals surface area (Å²) < 4.78 is 0. The van der Waals surface area contributed by atoms with Gasteiger partial charge in [0.15, 0.2) is 0 Å². The first-order chi connectivity index (χ1) is 9.93. The van der Waals surface area contributed by atoms with E-state index < -0.39 is 0 Å². The molecule has 1 aliphatic rings. The van der Waals surface area contributed by atoms with Crippen molar-refractivity contribution in [2.75, 3.05) is 13.1 Å². The van der Waals surface area contributed by atoms with Gasteiger partial charge < -0.3 is 5.73 Å². The molecule has 6 heteroatoms. The minimum Gasteiger partial charge on any atom is -0.330 e. The second-order valence-electron chi connectivity index (χ2n) is 6.08. The van der Waals surface area contributed by atoms with Crippen molar-refractivity contribution in [3.8, 4) is 0 Å². The Kier molecular flexibility index (Phi) is 4.90. The molecule has 2 rings (SSSR count). The third-order valence-corrected chi connectivity index (χ3v) is 4.55. The van der Waals surface area contributed by atoms with Gasteiger partial charge in [0.05, 0.1) is 10.6 Å². The Balaban J connectivity index is 2.23. The molecule has 0 saturated carbocycles. The highest BCUT2D eigenvalue weighted by Crippen LogP contribution is 2.27. The first kappa shape index (κ1) is 15.9. The molecular formula is C15H24N4O2. The summed E-state index contributed by atoms with van der Waals surface area (Å²) in [6.07, 6.45) is 3.89. The summed E-state index contributed by atoms with van der Waals surface area (Å²) in [5.41, 5.74) is 8.08. The van der Waals surface area contributed by atoms with Gasteiger partial charge in [-0.15, -0.1) is 0 Å². The lowest BCUT2D eigenvalue weighted by Gasteiger charge is -2.37. The normalized spacial score (nSPS) is 23.2. The molecule has 0 spiro atoms. The molecule has 0 aliphatic carbocycles. The van der Waals surface area contributed by atoms with Crippen LogP contribution in [0.15, 0.2) is 6.20 Å². The number of hydrogen-bond acceptors (Lipinski definition) is 5. The summed E-state index contributed by atoms with van der Waals surface area (Å²) in [6.45, 7) is 8.03. The predicted molar refractivity (Wildman–Crippen MR) is 82.0 cm³/mol. The van der Waals surface area contributed by atoms with Crippen molar-refractivity contribution < 1.29 is 4.92 Å². The van der Waals surface area contributed by atoms with Gasteiger partial charge in [0, 0.05) is 36.5 Å². The van der Waals surface area contributed by atoms with Crippen molar-refractivity contribution in [2.45, 2.75) is 46.2 Å². The molecule has 1 aliphatic heterocycles. The van der Waals surface area contributed by atoms with Crippen molar-refractivity contribution in [1.29, 1.82) is 0 Å². The Labute approximate surface area is 125 Å². The van der Waals surface area contributed by atoms with E-state index in [4.69, 9.17) is 5.73 Å². The van der Waals surface area contributed by atoms with Crippen molar-refractivity contribution in [3.05, 3.63) is 33.1 Å². The molecule has 2 heterocycles. The topological polar surface area (TPSA) is 85.3 Å². The van der Waals surface area contributed by atoms with Gasteiger partial charge in [-0.2, -0.15) is 0 Å². The summed E-state index contributed by atoms with van der Waals surface area (Å²) >= 11 is 0. The number of pyridine rings is 1. The summed E-state index contributed by atoms with van der Waals surface area (Å²) in [4.78, 5) is 17.7. The van der Waals surface area contributed by atoms with E-state index in [1.165, 1.54) is 0 Å². The molecule has 1 aromatic heterocycles. The van der Waals surface area contributed by atoms with E-state index in [9.17, 15) is 10.1 Å². The zero-order chi connectivity index (χ0) is 15.6. The molecule has 2 unspecified atom stereocenters. The van der Waals surface area contributed by atoms with Gasteiger partial charge in [0.2, 0.25) is 0 Å². The van der Waals surface area contributed by atoms with Crippen LogP contribution >= 0.6 is 0 Å². The fourth-order valence-electron chi connectivity index (χ4n) is 3.07. The molecule has 2 N–H and O–H groups in total. The number of nitro groups is 1. The molecular weight excluding hydrogens is 268 g/mol. The maximum atomic E-state index is 11.2. The summed E-state index contributed by atoms with van der Waals surface area (Å²) in [7, 11) is 0. The Morgan fingerprint density at radius 1 is 1.48 bits per heavy atom. The van der Waals surface area contributed by atoms with Crippen LogP contribution in [0.5, 0.6) is 0 Å². The van der Waals surface area contributed by atoms with E-state index in [-0.39, 0.29) is 10.6 Å². The smallest absolute Gasteiger partial charge is 0.278 e. The highest BCUT2D eigenvalue weighted by Gasteiger charge is 2.27. The lowest BCUT2D eigenvalue weighted by atomic mass is 9.93. The standard InChI is InChI=1S/C15H24N4O2/c1-10-7-17-14(12(3)15(10)19(20)21)9-18-8-13(6-16)5-4-11(18)2/h7,11,13H,4-6,8-9,16H2,1-3H3. The number of aromatic nitrogens is 1. The molecule has 0 bridgehead atoms. The quantitative estimate of drug-likeness (QED) is 0.679. The van der Waals surface area contributed by atoms with E-state index in [1.54, 1.807) is 20.0 Å². The van der Waals surface area contributed by atoms with E-state index in [2.05, 4.69) is 16.8 Å². The average Bonchev–Trinajstić information content (AvgIpc) is 2.43. The van der Waals surface area contributed by atoms with Gasteiger partial charge in [-0.25, -0.2) is 0 Å². The molecule has 0 aromatic carbocycles. The van der Waals surface area contributed by atoms with Gasteiger partial charge >= 0.3 is 0 Å². The van der Waals surface area contributed by atoms with Crippen molar-refractivity contribution in [1.82, 2.24) is 9.88 Å². The Morgan fingerprint density at radius 2 is 2.19 bits per heavy atom. The monoisotopic (exact) mass is 292 g/mol. The molecule has 1 fully saturated rings. The highest BCUT2D eigenvalue weighted by atomic mass is 16.6. The Morgan fingerprint density at radius 3 is 2.81 bits per heavy atom. The Bertz CT molecular complexity index is 533. The molecule has 1 aromatic rings. The second-order valence-corrected chi connectivity index (χ2v) is 6.08. The molecule has 2 atom stereocenters. The second kappa shape index (κ2) is 6.49. The van der Waals surface area contributed by atoms with E-state index in [0.29, 0.717) is 36.2 Å². The molecule has 1 saturated heterocycles. The number of rotatable bonds is 4. The molecule has 6 nitrogen and oxygen atoms in total. The van der Waals surface area contributed by atoms with Crippen LogP contribution in [0.2, 0.25) is 0 Å². The minimum atomic E-state index is -0.307. The predicted octanol–water partition coefficient (Wildman–Crippen LogP) is 2.17. The molecule has 0 radical (unpaired) electrons. The number of aryl methyl sites for hydroxylation is 1. The Hall–Kier alpha value is -1.53. The van der Waals surface area contributed by atoms with Crippen LogP contribution in [0.1, 0.15) is 36.6 Å². The van der Waals surface area contributed by atoms with Crippen LogP contribution < -0.4 is 5.73 Å². The summed E-state index contributed by atoms with van der Waals surface area (Å²) in [5, 5.41) is 11.2. The van der Waals surface area contributed by atoms with Crippen LogP contribution in [0.25, 0.3) is 0 Å². The number of hydrogen-bond donors (Lipinski definition) is 1. The number of likely N-dealkylation sites (tertiary alicyclic amines) is 1. The van der Waals surface area contributed by atoms with Gasteiger partial charge in [0.1, 0.15) is 0 Å². The SMILES string of the molecule is Cc1cnc(CN2CC(CN)CCC2C)c(C)c1[N+](=O)[O-]. The maximum absolute atomic E-state index is 11.2. The molecule has 0 amide bonds. The molecule has 21 heavy (non-hydrogen) atoms. The van der Waals surface area contributed by atoms with Gasteiger partial charge in [0.25, 0.3) is 5.69 Å². The van der Waals surface area contributed by atoms with Gasteiger partial charge in [-0.1, -0.05) is 0 Å². The first-order valence-electron chi connectivity index (χ1n) is 7.47. The lowest BCUT2D eigenvalue weighted by Crippen LogP contribution is -2.43. The van der Waals surface area contributed by atoms with Crippen molar-refractivity contribution in [2.24, 2.45) is 11.7 Å². The fourth-order valence-corrected chi connectivity index (χ4v) is 3.07. The first-order valence-corrected chi connectivity index (χ1v) is 7.47.